The summed E-state index contributed by atoms with van der Waals surface area (Å²) in [6, 6.07) is 7.74. The number of aryl methyl sites for hydroxylation is 1. The van der Waals surface area contributed by atoms with Crippen molar-refractivity contribution in [2.75, 3.05) is 32.1 Å². The fourth-order valence-electron chi connectivity index (χ4n) is 3.38. The normalized spacial score (nSPS) is 17.9. The first kappa shape index (κ1) is 19.4. The number of aromatic hydroxyl groups is 1. The van der Waals surface area contributed by atoms with E-state index in [0.717, 1.165) is 30.9 Å². The van der Waals surface area contributed by atoms with Crippen molar-refractivity contribution in [1.82, 2.24) is 15.1 Å². The third-order valence-electron chi connectivity index (χ3n) is 4.77. The predicted molar refractivity (Wildman–Crippen MR) is 108 cm³/mol. The molecule has 0 saturated carbocycles. The van der Waals surface area contributed by atoms with Crippen LogP contribution in [0.1, 0.15) is 32.3 Å². The molecule has 2 heterocycles. The molecular weight excluding hydrogens is 340 g/mol. The van der Waals surface area contributed by atoms with Gasteiger partial charge in [-0.05, 0) is 63.0 Å². The molecule has 1 atom stereocenters. The van der Waals surface area contributed by atoms with Gasteiger partial charge in [-0.25, -0.2) is 0 Å². The van der Waals surface area contributed by atoms with E-state index in [0.29, 0.717) is 35.6 Å². The molecule has 146 valence electrons. The standard InChI is InChI=1S/C21H30N4O2/c1-14(2)13-27-17-7-8-18(19(26)11-17)21-15(3)10-20(23-24-21)22-16-6-5-9-25(4)12-16/h7-8,10-11,14,16,26H,5-6,9,12-13H2,1-4H3,(H,22,23)/t16-/m0/s1. The highest BCUT2D eigenvalue weighted by molar-refractivity contribution is 5.71. The molecule has 0 spiro atoms. The van der Waals surface area contributed by atoms with Crippen LogP contribution in [0.15, 0.2) is 24.3 Å². The van der Waals surface area contributed by atoms with Gasteiger partial charge in [0.1, 0.15) is 17.3 Å². The number of anilines is 1. The summed E-state index contributed by atoms with van der Waals surface area (Å²) in [4.78, 5) is 2.33. The molecule has 0 amide bonds. The van der Waals surface area contributed by atoms with E-state index in [1.165, 1.54) is 6.42 Å². The Bertz CT molecular complexity index is 779. The van der Waals surface area contributed by atoms with Crippen molar-refractivity contribution in [2.24, 2.45) is 5.92 Å². The minimum atomic E-state index is 0.156. The predicted octanol–water partition coefficient (Wildman–Crippen LogP) is 3.70. The topological polar surface area (TPSA) is 70.5 Å². The molecule has 2 aromatic rings. The molecule has 0 radical (unpaired) electrons. The average Bonchev–Trinajstić information content (AvgIpc) is 2.61. The van der Waals surface area contributed by atoms with E-state index in [1.807, 2.05) is 25.1 Å². The van der Waals surface area contributed by atoms with E-state index in [-0.39, 0.29) is 5.75 Å². The lowest BCUT2D eigenvalue weighted by molar-refractivity contribution is 0.260. The van der Waals surface area contributed by atoms with Crippen molar-refractivity contribution >= 4 is 5.82 Å². The van der Waals surface area contributed by atoms with Crippen molar-refractivity contribution in [1.29, 1.82) is 0 Å². The zero-order valence-electron chi connectivity index (χ0n) is 16.7. The molecular formula is C21H30N4O2. The molecule has 1 fully saturated rings. The Hall–Kier alpha value is -2.34. The Morgan fingerprint density at radius 2 is 2.11 bits per heavy atom. The summed E-state index contributed by atoms with van der Waals surface area (Å²) in [5, 5.41) is 22.6. The van der Waals surface area contributed by atoms with Crippen molar-refractivity contribution in [3.8, 4) is 22.8 Å². The Kier molecular flexibility index (Phi) is 6.16. The number of aromatic nitrogens is 2. The van der Waals surface area contributed by atoms with Gasteiger partial charge < -0.3 is 20.1 Å². The van der Waals surface area contributed by atoms with Crippen LogP contribution in [-0.4, -0.2) is 53.0 Å². The summed E-state index contributed by atoms with van der Waals surface area (Å²) in [6.07, 6.45) is 2.34. The first-order chi connectivity index (χ1) is 12.9. The number of likely N-dealkylation sites (N-methyl/N-ethyl adjacent to an activating group) is 1. The first-order valence-corrected chi connectivity index (χ1v) is 9.68. The number of hydrogen-bond donors (Lipinski definition) is 2. The maximum absolute atomic E-state index is 10.4. The lowest BCUT2D eigenvalue weighted by Gasteiger charge is -2.30. The summed E-state index contributed by atoms with van der Waals surface area (Å²) in [5.74, 6) is 2.04. The minimum absolute atomic E-state index is 0.156. The number of phenolic OH excluding ortho intramolecular Hbond substituents is 1. The van der Waals surface area contributed by atoms with Gasteiger partial charge in [-0.15, -0.1) is 10.2 Å². The number of nitrogens with zero attached hydrogens (tertiary/aromatic N) is 3. The van der Waals surface area contributed by atoms with Crippen LogP contribution < -0.4 is 10.1 Å². The fraction of sp³-hybridized carbons (Fsp3) is 0.524. The monoisotopic (exact) mass is 370 g/mol. The van der Waals surface area contributed by atoms with Crippen LogP contribution in [0.4, 0.5) is 5.82 Å². The SMILES string of the molecule is Cc1cc(N[C@H]2CCCN(C)C2)nnc1-c1ccc(OCC(C)C)cc1O. The molecule has 27 heavy (non-hydrogen) atoms. The zero-order chi connectivity index (χ0) is 19.4. The van der Waals surface area contributed by atoms with Crippen LogP contribution in [0.3, 0.4) is 0 Å². The fourth-order valence-corrected chi connectivity index (χ4v) is 3.38. The zero-order valence-corrected chi connectivity index (χ0v) is 16.7. The molecule has 1 aliphatic rings. The molecule has 2 N–H and O–H groups in total. The number of phenols is 1. The lowest BCUT2D eigenvalue weighted by atomic mass is 10.1. The van der Waals surface area contributed by atoms with Crippen molar-refractivity contribution in [2.45, 2.75) is 39.7 Å². The molecule has 1 aromatic carbocycles. The summed E-state index contributed by atoms with van der Waals surface area (Å²) in [6.45, 7) is 8.96. The number of hydrogen-bond acceptors (Lipinski definition) is 6. The van der Waals surface area contributed by atoms with Crippen molar-refractivity contribution in [3.05, 3.63) is 29.8 Å². The van der Waals surface area contributed by atoms with Gasteiger partial charge in [0.05, 0.1) is 12.3 Å². The van der Waals surface area contributed by atoms with Crippen LogP contribution in [0.25, 0.3) is 11.3 Å². The maximum atomic E-state index is 10.4. The maximum Gasteiger partial charge on any atom is 0.149 e. The van der Waals surface area contributed by atoms with Gasteiger partial charge in [-0.2, -0.15) is 0 Å². The van der Waals surface area contributed by atoms with Gasteiger partial charge in [0.2, 0.25) is 0 Å². The van der Waals surface area contributed by atoms with E-state index in [4.69, 9.17) is 4.74 Å². The number of likely N-dealkylation sites (tertiary alicyclic amines) is 1. The van der Waals surface area contributed by atoms with Gasteiger partial charge in [0.15, 0.2) is 0 Å². The van der Waals surface area contributed by atoms with Crippen LogP contribution in [0, 0.1) is 12.8 Å². The smallest absolute Gasteiger partial charge is 0.149 e. The van der Waals surface area contributed by atoms with E-state index in [9.17, 15) is 5.11 Å². The number of rotatable bonds is 6. The van der Waals surface area contributed by atoms with Gasteiger partial charge >= 0.3 is 0 Å². The van der Waals surface area contributed by atoms with Crippen molar-refractivity contribution < 1.29 is 9.84 Å². The minimum Gasteiger partial charge on any atom is -0.507 e. The molecule has 6 nitrogen and oxygen atoms in total. The molecule has 6 heteroatoms. The van der Waals surface area contributed by atoms with Crippen LogP contribution in [0.5, 0.6) is 11.5 Å². The quantitative estimate of drug-likeness (QED) is 0.808. The number of piperidine rings is 1. The molecule has 3 rings (SSSR count). The summed E-state index contributed by atoms with van der Waals surface area (Å²) < 4.78 is 5.67. The molecule has 0 unspecified atom stereocenters. The highest BCUT2D eigenvalue weighted by Crippen LogP contribution is 2.33. The molecule has 0 aliphatic carbocycles. The average molecular weight is 370 g/mol. The van der Waals surface area contributed by atoms with Crippen LogP contribution >= 0.6 is 0 Å². The van der Waals surface area contributed by atoms with E-state index in [2.05, 4.69) is 41.3 Å². The molecule has 1 aliphatic heterocycles. The molecule has 1 saturated heterocycles. The molecule has 1 aromatic heterocycles. The Balaban J connectivity index is 1.73. The number of ether oxygens (including phenoxy) is 1. The van der Waals surface area contributed by atoms with Gasteiger partial charge in [-0.3, -0.25) is 0 Å². The third kappa shape index (κ3) is 5.10. The lowest BCUT2D eigenvalue weighted by Crippen LogP contribution is -2.39. The van der Waals surface area contributed by atoms with E-state index in [1.54, 1.807) is 6.07 Å². The molecule has 0 bridgehead atoms. The van der Waals surface area contributed by atoms with Gasteiger partial charge in [-0.1, -0.05) is 13.8 Å². The van der Waals surface area contributed by atoms with Crippen LogP contribution in [0.2, 0.25) is 0 Å². The number of nitrogens with one attached hydrogen (secondary N) is 1. The summed E-state index contributed by atoms with van der Waals surface area (Å²) in [5.41, 5.74) is 2.33. The highest BCUT2D eigenvalue weighted by Gasteiger charge is 2.18. The summed E-state index contributed by atoms with van der Waals surface area (Å²) >= 11 is 0. The largest absolute Gasteiger partial charge is 0.507 e. The number of benzene rings is 1. The van der Waals surface area contributed by atoms with E-state index < -0.39 is 0 Å². The Morgan fingerprint density at radius 1 is 1.30 bits per heavy atom. The third-order valence-corrected chi connectivity index (χ3v) is 4.77. The first-order valence-electron chi connectivity index (χ1n) is 9.68. The second-order valence-electron chi connectivity index (χ2n) is 7.89. The summed E-state index contributed by atoms with van der Waals surface area (Å²) in [7, 11) is 2.14. The van der Waals surface area contributed by atoms with E-state index >= 15 is 0 Å². The van der Waals surface area contributed by atoms with Crippen LogP contribution in [-0.2, 0) is 0 Å². The van der Waals surface area contributed by atoms with Gasteiger partial charge in [0, 0.05) is 24.2 Å². The Labute approximate surface area is 161 Å². The van der Waals surface area contributed by atoms with Gasteiger partial charge in [0.25, 0.3) is 0 Å². The second kappa shape index (κ2) is 8.57. The van der Waals surface area contributed by atoms with Crippen molar-refractivity contribution in [3.63, 3.8) is 0 Å². The Morgan fingerprint density at radius 3 is 2.78 bits per heavy atom. The second-order valence-corrected chi connectivity index (χ2v) is 7.89. The highest BCUT2D eigenvalue weighted by atomic mass is 16.5.